The van der Waals surface area contributed by atoms with Gasteiger partial charge in [-0.3, -0.25) is 4.79 Å². The molecule has 0 fully saturated rings. The van der Waals surface area contributed by atoms with Crippen molar-refractivity contribution in [1.29, 1.82) is 0 Å². The Morgan fingerprint density at radius 1 is 1.00 bits per heavy atom. The van der Waals surface area contributed by atoms with Gasteiger partial charge in [0.1, 0.15) is 11.6 Å². The number of benzene rings is 1. The van der Waals surface area contributed by atoms with Gasteiger partial charge >= 0.3 is 6.16 Å². The number of nitrogens with zero attached hydrogens (tertiary/aromatic N) is 1. The Morgan fingerprint density at radius 2 is 1.62 bits per heavy atom. The quantitative estimate of drug-likeness (QED) is 0.360. The minimum atomic E-state index is -0.770. The Labute approximate surface area is 152 Å². The molecular weight excluding hydrogens is 338 g/mol. The summed E-state index contributed by atoms with van der Waals surface area (Å²) in [4.78, 5) is 25.1. The first-order valence-electron chi connectivity index (χ1n) is 7.73. The summed E-state index contributed by atoms with van der Waals surface area (Å²) in [7, 11) is 1.24. The molecular formula is C17H25N5O4. The molecule has 0 radical (unpaired) electrons. The Kier molecular flexibility index (Phi) is 10.4. The van der Waals surface area contributed by atoms with Crippen molar-refractivity contribution in [1.82, 2.24) is 4.98 Å². The maximum absolute atomic E-state index is 10.6. The largest absolute Gasteiger partial charge is 0.513 e. The summed E-state index contributed by atoms with van der Waals surface area (Å²) in [5.74, 6) is 0.756. The third kappa shape index (κ3) is 8.39. The fraction of sp³-hybridized carbons (Fsp3) is 0.235. The van der Waals surface area contributed by atoms with Gasteiger partial charge in [-0.2, -0.15) is 0 Å². The zero-order chi connectivity index (χ0) is 20.1. The number of methoxy groups -OCH3 is 1. The van der Waals surface area contributed by atoms with E-state index in [0.29, 0.717) is 22.9 Å². The smallest absolute Gasteiger partial charge is 0.437 e. The van der Waals surface area contributed by atoms with E-state index in [1.807, 2.05) is 13.8 Å². The molecule has 0 unspecified atom stereocenters. The number of hydrogen-bond acceptors (Lipinski definition) is 8. The van der Waals surface area contributed by atoms with Gasteiger partial charge < -0.3 is 32.0 Å². The van der Waals surface area contributed by atoms with Crippen LogP contribution in [0, 0.1) is 0 Å². The SMILES string of the molecule is CC.CC(=O)Nc1ccc(N)c(N)n1.COC(=O)Oc1ccccc1N. The standard InChI is InChI=1S/C8H9NO3.C7H10N4O.C2H6/c1-11-8(10)12-7-5-3-2-4-6(7)9;1-4(12)10-6-3-2-5(8)7(9)11-6;1-2/h2-5H,9H2,1H3;2-3H,8H2,1H3,(H3,9,10,11,12);1-2H3. The first-order chi connectivity index (χ1) is 12.3. The third-order valence-electron chi connectivity index (χ3n) is 2.54. The second-order valence-electron chi connectivity index (χ2n) is 4.45. The molecule has 9 nitrogen and oxygen atoms in total. The number of hydrogen-bond donors (Lipinski definition) is 4. The molecule has 0 spiro atoms. The lowest BCUT2D eigenvalue weighted by molar-refractivity contribution is -0.114. The van der Waals surface area contributed by atoms with Crippen LogP contribution in [0.1, 0.15) is 20.8 Å². The maximum atomic E-state index is 10.6. The summed E-state index contributed by atoms with van der Waals surface area (Å²) in [5, 5.41) is 2.49. The molecule has 1 amide bonds. The van der Waals surface area contributed by atoms with Crippen LogP contribution in [0.3, 0.4) is 0 Å². The van der Waals surface area contributed by atoms with E-state index in [4.69, 9.17) is 21.9 Å². The molecule has 0 aliphatic heterocycles. The van der Waals surface area contributed by atoms with Gasteiger partial charge in [-0.05, 0) is 24.3 Å². The number of pyridine rings is 1. The molecule has 0 bridgehead atoms. The predicted molar refractivity (Wildman–Crippen MR) is 103 cm³/mol. The Balaban J connectivity index is 0.000000439. The number of rotatable bonds is 2. The van der Waals surface area contributed by atoms with Crippen LogP contribution < -0.4 is 27.3 Å². The zero-order valence-corrected chi connectivity index (χ0v) is 15.3. The molecule has 1 heterocycles. The van der Waals surface area contributed by atoms with Gasteiger partial charge in [0.15, 0.2) is 5.75 Å². The number of carbonyl (C=O) groups is 2. The summed E-state index contributed by atoms with van der Waals surface area (Å²) >= 11 is 0. The van der Waals surface area contributed by atoms with Crippen molar-refractivity contribution in [3.8, 4) is 5.75 Å². The molecule has 0 aliphatic carbocycles. The van der Waals surface area contributed by atoms with Crippen molar-refractivity contribution >= 4 is 35.1 Å². The molecule has 7 N–H and O–H groups in total. The van der Waals surface area contributed by atoms with Crippen LogP contribution in [0.5, 0.6) is 5.75 Å². The molecule has 0 atom stereocenters. The fourth-order valence-electron chi connectivity index (χ4n) is 1.44. The molecule has 1 aromatic heterocycles. The molecule has 2 aromatic rings. The number of nitrogens with two attached hydrogens (primary N) is 3. The average molecular weight is 363 g/mol. The van der Waals surface area contributed by atoms with Gasteiger partial charge in [0.2, 0.25) is 5.91 Å². The summed E-state index contributed by atoms with van der Waals surface area (Å²) in [6, 6.07) is 9.87. The highest BCUT2D eigenvalue weighted by Crippen LogP contribution is 2.19. The van der Waals surface area contributed by atoms with Crippen molar-refractivity contribution in [3.63, 3.8) is 0 Å². The van der Waals surface area contributed by atoms with Crippen molar-refractivity contribution < 1.29 is 19.1 Å². The van der Waals surface area contributed by atoms with E-state index in [-0.39, 0.29) is 11.7 Å². The Morgan fingerprint density at radius 3 is 2.12 bits per heavy atom. The van der Waals surface area contributed by atoms with Crippen LogP contribution in [-0.4, -0.2) is 24.2 Å². The first kappa shape index (κ1) is 22.5. The summed E-state index contributed by atoms with van der Waals surface area (Å²) in [6.45, 7) is 5.40. The van der Waals surface area contributed by atoms with Crippen molar-refractivity contribution in [2.75, 3.05) is 29.6 Å². The lowest BCUT2D eigenvalue weighted by atomic mass is 10.3. The second-order valence-corrected chi connectivity index (χ2v) is 4.45. The number of aromatic nitrogens is 1. The monoisotopic (exact) mass is 363 g/mol. The molecule has 2 rings (SSSR count). The van der Waals surface area contributed by atoms with Gasteiger partial charge in [-0.25, -0.2) is 9.78 Å². The lowest BCUT2D eigenvalue weighted by Crippen LogP contribution is -2.09. The first-order valence-corrected chi connectivity index (χ1v) is 7.73. The van der Waals surface area contributed by atoms with Crippen molar-refractivity contribution in [2.24, 2.45) is 0 Å². The van der Waals surface area contributed by atoms with E-state index >= 15 is 0 Å². The van der Waals surface area contributed by atoms with E-state index in [1.54, 1.807) is 36.4 Å². The molecule has 26 heavy (non-hydrogen) atoms. The zero-order valence-electron chi connectivity index (χ0n) is 15.3. The third-order valence-corrected chi connectivity index (χ3v) is 2.54. The number of nitrogen functional groups attached to an aromatic ring is 3. The van der Waals surface area contributed by atoms with Crippen LogP contribution in [0.4, 0.5) is 27.8 Å². The van der Waals surface area contributed by atoms with E-state index in [9.17, 15) is 9.59 Å². The Bertz CT molecular complexity index is 722. The van der Waals surface area contributed by atoms with Crippen molar-refractivity contribution in [3.05, 3.63) is 36.4 Å². The van der Waals surface area contributed by atoms with Gasteiger partial charge in [-0.1, -0.05) is 26.0 Å². The maximum Gasteiger partial charge on any atom is 0.513 e. The molecule has 0 saturated carbocycles. The minimum Gasteiger partial charge on any atom is -0.437 e. The fourth-order valence-corrected chi connectivity index (χ4v) is 1.44. The highest BCUT2D eigenvalue weighted by Gasteiger charge is 2.05. The van der Waals surface area contributed by atoms with E-state index in [0.717, 1.165) is 0 Å². The minimum absolute atomic E-state index is 0.188. The highest BCUT2D eigenvalue weighted by molar-refractivity contribution is 5.88. The van der Waals surface area contributed by atoms with Crippen LogP contribution >= 0.6 is 0 Å². The topological polar surface area (TPSA) is 156 Å². The van der Waals surface area contributed by atoms with Crippen LogP contribution in [0.25, 0.3) is 0 Å². The highest BCUT2D eigenvalue weighted by atomic mass is 16.7. The van der Waals surface area contributed by atoms with Gasteiger partial charge in [-0.15, -0.1) is 0 Å². The van der Waals surface area contributed by atoms with Gasteiger partial charge in [0.25, 0.3) is 0 Å². The molecule has 9 heteroatoms. The van der Waals surface area contributed by atoms with E-state index in [2.05, 4.69) is 15.0 Å². The molecule has 0 saturated heterocycles. The molecule has 0 aliphatic rings. The van der Waals surface area contributed by atoms with Gasteiger partial charge in [0.05, 0.1) is 18.5 Å². The van der Waals surface area contributed by atoms with Crippen LogP contribution in [-0.2, 0) is 9.53 Å². The Hall–Kier alpha value is -3.49. The lowest BCUT2D eigenvalue weighted by Gasteiger charge is -2.03. The van der Waals surface area contributed by atoms with E-state index in [1.165, 1.54) is 14.0 Å². The number of para-hydroxylation sites is 2. The van der Waals surface area contributed by atoms with Crippen molar-refractivity contribution in [2.45, 2.75) is 20.8 Å². The number of nitrogens with one attached hydrogen (secondary N) is 1. The number of ether oxygens (including phenoxy) is 2. The summed E-state index contributed by atoms with van der Waals surface area (Å²) < 4.78 is 9.00. The second kappa shape index (κ2) is 12.0. The summed E-state index contributed by atoms with van der Waals surface area (Å²) in [5.41, 5.74) is 17.1. The predicted octanol–water partition coefficient (Wildman–Crippen LogP) is 2.64. The van der Waals surface area contributed by atoms with Crippen LogP contribution in [0.15, 0.2) is 36.4 Å². The number of carbonyl (C=O) groups excluding carboxylic acids is 2. The van der Waals surface area contributed by atoms with Gasteiger partial charge in [0, 0.05) is 6.92 Å². The summed E-state index contributed by atoms with van der Waals surface area (Å²) in [6.07, 6.45) is -0.770. The van der Waals surface area contributed by atoms with E-state index < -0.39 is 6.16 Å². The number of amides is 1. The normalized spacial score (nSPS) is 8.77. The molecule has 142 valence electrons. The average Bonchev–Trinajstić information content (AvgIpc) is 2.62. The number of anilines is 4. The van der Waals surface area contributed by atoms with Crippen LogP contribution in [0.2, 0.25) is 0 Å². The molecule has 1 aromatic carbocycles.